The SMILES string of the molecule is CCCOOC(=O)CC(C)=O.CCCOOC(=O)CC(C)=O.[Ti]. The van der Waals surface area contributed by atoms with E-state index in [0.717, 1.165) is 12.8 Å². The Morgan fingerprint density at radius 2 is 1.00 bits per heavy atom. The van der Waals surface area contributed by atoms with Gasteiger partial charge in [-0.2, -0.15) is 9.78 Å². The molecular weight excluding hydrogens is 344 g/mol. The summed E-state index contributed by atoms with van der Waals surface area (Å²) < 4.78 is 0. The molecule has 0 amide bonds. The van der Waals surface area contributed by atoms with Gasteiger partial charge >= 0.3 is 11.9 Å². The molecule has 0 saturated carbocycles. The topological polar surface area (TPSA) is 105 Å². The third-order valence-corrected chi connectivity index (χ3v) is 1.67. The van der Waals surface area contributed by atoms with E-state index in [9.17, 15) is 19.2 Å². The minimum atomic E-state index is -0.633. The number of hydrogen-bond donors (Lipinski definition) is 0. The van der Waals surface area contributed by atoms with E-state index in [-0.39, 0.29) is 46.1 Å². The summed E-state index contributed by atoms with van der Waals surface area (Å²) in [6, 6.07) is 0. The Morgan fingerprint density at radius 1 is 0.696 bits per heavy atom. The number of Topliss-reactive ketones (excluding diaryl/α,β-unsaturated/α-hetero) is 2. The minimum Gasteiger partial charge on any atom is -0.299 e. The van der Waals surface area contributed by atoms with Gasteiger partial charge in [0.2, 0.25) is 0 Å². The molecule has 0 aromatic rings. The normalized spacial score (nSPS) is 8.87. The van der Waals surface area contributed by atoms with Gasteiger partial charge in [-0.25, -0.2) is 9.59 Å². The van der Waals surface area contributed by atoms with Gasteiger partial charge in [-0.3, -0.25) is 19.4 Å². The first-order valence-corrected chi connectivity index (χ1v) is 6.96. The third-order valence-electron chi connectivity index (χ3n) is 1.67. The van der Waals surface area contributed by atoms with E-state index < -0.39 is 11.9 Å². The van der Waals surface area contributed by atoms with Gasteiger partial charge < -0.3 is 0 Å². The Balaban J connectivity index is -0.000000333. The average Bonchev–Trinajstić information content (AvgIpc) is 2.38. The molecule has 132 valence electrons. The quantitative estimate of drug-likeness (QED) is 0.189. The molecule has 0 aliphatic heterocycles. The van der Waals surface area contributed by atoms with Crippen LogP contribution in [0.2, 0.25) is 0 Å². The van der Waals surface area contributed by atoms with Crippen molar-refractivity contribution in [3.8, 4) is 0 Å². The van der Waals surface area contributed by atoms with Crippen molar-refractivity contribution < 1.29 is 60.4 Å². The molecule has 0 aromatic heterocycles. The summed E-state index contributed by atoms with van der Waals surface area (Å²) in [5.41, 5.74) is 0. The van der Waals surface area contributed by atoms with Gasteiger partial charge in [-0.05, 0) is 26.7 Å². The second-order valence-electron chi connectivity index (χ2n) is 4.31. The van der Waals surface area contributed by atoms with Crippen LogP contribution in [0, 0.1) is 0 Å². The molecule has 0 saturated heterocycles. The zero-order valence-corrected chi connectivity index (χ0v) is 15.6. The van der Waals surface area contributed by atoms with Crippen molar-refractivity contribution in [2.45, 2.75) is 53.4 Å². The molecule has 0 fully saturated rings. The number of carbonyl (C=O) groups is 4. The van der Waals surface area contributed by atoms with Crippen molar-refractivity contribution in [3.63, 3.8) is 0 Å². The van der Waals surface area contributed by atoms with Gasteiger partial charge in [0.1, 0.15) is 24.4 Å². The monoisotopic (exact) mass is 368 g/mol. The van der Waals surface area contributed by atoms with Crippen molar-refractivity contribution in [2.24, 2.45) is 0 Å². The summed E-state index contributed by atoms with van der Waals surface area (Å²) in [4.78, 5) is 59.1. The molecule has 0 bridgehead atoms. The molecule has 9 heteroatoms. The Bertz CT molecular complexity index is 323. The van der Waals surface area contributed by atoms with Crippen LogP contribution in [0.3, 0.4) is 0 Å². The molecule has 8 nitrogen and oxygen atoms in total. The van der Waals surface area contributed by atoms with Crippen molar-refractivity contribution in [3.05, 3.63) is 0 Å². The van der Waals surface area contributed by atoms with Crippen molar-refractivity contribution in [1.29, 1.82) is 0 Å². The predicted octanol–water partition coefficient (Wildman–Crippen LogP) is 1.70. The largest absolute Gasteiger partial charge is 0.349 e. The van der Waals surface area contributed by atoms with E-state index in [1.165, 1.54) is 13.8 Å². The molecule has 0 heterocycles. The van der Waals surface area contributed by atoms with Crippen LogP contribution in [0.1, 0.15) is 53.4 Å². The Hall–Kier alpha value is -1.09. The standard InChI is InChI=1S/2C7H12O4.Ti/c2*1-3-4-10-11-7(9)5-6(2)8;/h2*3-5H2,1-2H3;. The van der Waals surface area contributed by atoms with Crippen LogP contribution in [0.15, 0.2) is 0 Å². The van der Waals surface area contributed by atoms with Crippen LogP contribution >= 0.6 is 0 Å². The van der Waals surface area contributed by atoms with Crippen LogP contribution in [0.4, 0.5) is 0 Å². The van der Waals surface area contributed by atoms with E-state index in [4.69, 9.17) is 0 Å². The van der Waals surface area contributed by atoms with Gasteiger partial charge in [0.15, 0.2) is 0 Å². The fraction of sp³-hybridized carbons (Fsp3) is 0.714. The minimum absolute atomic E-state index is 0. The maximum atomic E-state index is 10.6. The van der Waals surface area contributed by atoms with Crippen LogP contribution in [0.5, 0.6) is 0 Å². The summed E-state index contributed by atoms with van der Waals surface area (Å²) in [6.07, 6.45) is 1.11. The number of ketones is 2. The van der Waals surface area contributed by atoms with Crippen molar-refractivity contribution in [1.82, 2.24) is 0 Å². The van der Waals surface area contributed by atoms with Gasteiger partial charge in [-0.15, -0.1) is 0 Å². The molecule has 0 aliphatic rings. The van der Waals surface area contributed by atoms with Gasteiger partial charge in [0.25, 0.3) is 0 Å². The molecule has 0 radical (unpaired) electrons. The number of rotatable bonds is 10. The summed E-state index contributed by atoms with van der Waals surface area (Å²) in [5, 5.41) is 0. The fourth-order valence-electron chi connectivity index (χ4n) is 0.847. The summed E-state index contributed by atoms with van der Waals surface area (Å²) in [6.45, 7) is 7.15. The fourth-order valence-corrected chi connectivity index (χ4v) is 0.847. The van der Waals surface area contributed by atoms with Crippen LogP contribution in [-0.2, 0) is 60.4 Å². The summed E-state index contributed by atoms with van der Waals surface area (Å²) in [5.74, 6) is -1.72. The molecule has 0 aliphatic carbocycles. The van der Waals surface area contributed by atoms with Crippen LogP contribution < -0.4 is 0 Å². The first-order valence-electron chi connectivity index (χ1n) is 6.96. The molecule has 23 heavy (non-hydrogen) atoms. The van der Waals surface area contributed by atoms with Crippen LogP contribution in [0.25, 0.3) is 0 Å². The van der Waals surface area contributed by atoms with Crippen molar-refractivity contribution >= 4 is 23.5 Å². The molecule has 0 N–H and O–H groups in total. The Morgan fingerprint density at radius 3 is 1.22 bits per heavy atom. The smallest absolute Gasteiger partial charge is 0.299 e. The molecular formula is C14H24O8Ti. The summed E-state index contributed by atoms with van der Waals surface area (Å²) in [7, 11) is 0. The van der Waals surface area contributed by atoms with Crippen molar-refractivity contribution in [2.75, 3.05) is 13.2 Å². The molecule has 0 aromatic carbocycles. The second-order valence-corrected chi connectivity index (χ2v) is 4.31. The molecule has 0 rings (SSSR count). The van der Waals surface area contributed by atoms with E-state index in [1.807, 2.05) is 13.8 Å². The van der Waals surface area contributed by atoms with Crippen LogP contribution in [-0.4, -0.2) is 36.7 Å². The summed E-state index contributed by atoms with van der Waals surface area (Å²) >= 11 is 0. The van der Waals surface area contributed by atoms with Gasteiger partial charge in [0, 0.05) is 21.7 Å². The third kappa shape index (κ3) is 26.2. The number of carbonyl (C=O) groups excluding carboxylic acids is 4. The Labute approximate surface area is 150 Å². The van der Waals surface area contributed by atoms with E-state index in [1.54, 1.807) is 0 Å². The maximum Gasteiger partial charge on any atom is 0.349 e. The van der Waals surface area contributed by atoms with Gasteiger partial charge in [0.05, 0.1) is 13.2 Å². The zero-order chi connectivity index (χ0) is 17.4. The molecule has 0 spiro atoms. The van der Waals surface area contributed by atoms with E-state index in [0.29, 0.717) is 13.2 Å². The predicted molar refractivity (Wildman–Crippen MR) is 75.3 cm³/mol. The van der Waals surface area contributed by atoms with E-state index in [2.05, 4.69) is 19.6 Å². The average molecular weight is 368 g/mol. The second kappa shape index (κ2) is 19.0. The maximum absolute atomic E-state index is 10.6. The zero-order valence-electron chi connectivity index (χ0n) is 14.0. The number of hydrogen-bond acceptors (Lipinski definition) is 8. The Kier molecular flexibility index (Phi) is 22.1. The van der Waals surface area contributed by atoms with Gasteiger partial charge in [-0.1, -0.05) is 13.8 Å². The molecule has 0 atom stereocenters. The first-order chi connectivity index (χ1) is 10.3. The van der Waals surface area contributed by atoms with E-state index >= 15 is 0 Å². The first kappa shape index (κ1) is 26.8. The molecule has 0 unspecified atom stereocenters.